The van der Waals surface area contributed by atoms with E-state index >= 15 is 0 Å². The molecule has 4 amide bonds. The molecule has 164 valence electrons. The summed E-state index contributed by atoms with van der Waals surface area (Å²) in [6.45, 7) is 3.01. The molecular weight excluding hydrogens is 392 g/mol. The molecule has 0 aliphatic carbocycles. The molecule has 7 heteroatoms. The van der Waals surface area contributed by atoms with Gasteiger partial charge in [-0.15, -0.1) is 0 Å². The highest BCUT2D eigenvalue weighted by molar-refractivity contribution is 5.93. The number of hydrogen-bond donors (Lipinski definition) is 3. The smallest absolute Gasteiger partial charge is 0.321 e. The lowest BCUT2D eigenvalue weighted by Crippen LogP contribution is -2.35. The van der Waals surface area contributed by atoms with Gasteiger partial charge in [0.1, 0.15) is 0 Å². The first kappa shape index (κ1) is 22.3. The number of carbonyl (C=O) groups excluding carboxylic acids is 3. The monoisotopic (exact) mass is 422 g/mol. The molecule has 0 radical (unpaired) electrons. The number of benzene rings is 2. The second-order valence-electron chi connectivity index (χ2n) is 7.82. The summed E-state index contributed by atoms with van der Waals surface area (Å²) < 4.78 is 0. The average Bonchev–Trinajstić information content (AvgIpc) is 3.05. The molecule has 0 spiro atoms. The lowest BCUT2D eigenvalue weighted by molar-refractivity contribution is -0.120. The van der Waals surface area contributed by atoms with Crippen LogP contribution >= 0.6 is 0 Å². The van der Waals surface area contributed by atoms with E-state index < -0.39 is 6.04 Å². The quantitative estimate of drug-likeness (QED) is 0.648. The highest BCUT2D eigenvalue weighted by Crippen LogP contribution is 2.19. The van der Waals surface area contributed by atoms with Crippen molar-refractivity contribution in [3.8, 4) is 0 Å². The van der Waals surface area contributed by atoms with Gasteiger partial charge in [-0.3, -0.25) is 9.59 Å². The van der Waals surface area contributed by atoms with E-state index in [4.69, 9.17) is 0 Å². The van der Waals surface area contributed by atoms with E-state index in [9.17, 15) is 14.4 Å². The number of amides is 4. The van der Waals surface area contributed by atoms with Crippen LogP contribution in [0.15, 0.2) is 54.6 Å². The standard InChI is InChI=1S/C24H30N4O3/c1-18(29)25-22(19-9-5-4-6-10-19)17-23(30)26-20-11-13-21(14-12-20)27-24(31)28-15-7-2-3-8-16-28/h4-6,9-14,22H,2-3,7-8,15-17H2,1H3,(H,25,29)(H,26,30)(H,27,31). The molecule has 1 aliphatic rings. The molecular formula is C24H30N4O3. The summed E-state index contributed by atoms with van der Waals surface area (Å²) in [6, 6.07) is 16.0. The summed E-state index contributed by atoms with van der Waals surface area (Å²) in [4.78, 5) is 38.4. The fraction of sp³-hybridized carbons (Fsp3) is 0.375. The van der Waals surface area contributed by atoms with Crippen molar-refractivity contribution < 1.29 is 14.4 Å². The van der Waals surface area contributed by atoms with Crippen LogP contribution in [0, 0.1) is 0 Å². The minimum Gasteiger partial charge on any atom is -0.349 e. The normalized spacial score (nSPS) is 14.8. The predicted molar refractivity (Wildman–Crippen MR) is 122 cm³/mol. The van der Waals surface area contributed by atoms with Crippen molar-refractivity contribution in [3.63, 3.8) is 0 Å². The summed E-state index contributed by atoms with van der Waals surface area (Å²) in [5.41, 5.74) is 2.19. The Morgan fingerprint density at radius 3 is 2.00 bits per heavy atom. The number of carbonyl (C=O) groups is 3. The Hall–Kier alpha value is -3.35. The number of likely N-dealkylation sites (tertiary alicyclic amines) is 1. The van der Waals surface area contributed by atoms with Gasteiger partial charge in [-0.2, -0.15) is 0 Å². The third kappa shape index (κ3) is 7.13. The zero-order chi connectivity index (χ0) is 22.1. The Morgan fingerprint density at radius 2 is 1.42 bits per heavy atom. The van der Waals surface area contributed by atoms with E-state index in [1.807, 2.05) is 35.2 Å². The Morgan fingerprint density at radius 1 is 0.839 bits per heavy atom. The largest absolute Gasteiger partial charge is 0.349 e. The summed E-state index contributed by atoms with van der Waals surface area (Å²) in [5.74, 6) is -0.393. The van der Waals surface area contributed by atoms with Crippen molar-refractivity contribution in [2.75, 3.05) is 23.7 Å². The molecule has 0 saturated carbocycles. The fourth-order valence-corrected chi connectivity index (χ4v) is 3.69. The highest BCUT2D eigenvalue weighted by Gasteiger charge is 2.18. The van der Waals surface area contributed by atoms with Crippen LogP contribution in [0.2, 0.25) is 0 Å². The second kappa shape index (κ2) is 11.2. The first-order chi connectivity index (χ1) is 15.0. The minimum atomic E-state index is -0.397. The SMILES string of the molecule is CC(=O)NC(CC(=O)Nc1ccc(NC(=O)N2CCCCCC2)cc1)c1ccccc1. The Kier molecular flexibility index (Phi) is 8.04. The lowest BCUT2D eigenvalue weighted by Gasteiger charge is -2.21. The van der Waals surface area contributed by atoms with Crippen molar-refractivity contribution in [1.82, 2.24) is 10.2 Å². The van der Waals surface area contributed by atoms with E-state index in [0.29, 0.717) is 11.4 Å². The summed E-state index contributed by atoms with van der Waals surface area (Å²) in [7, 11) is 0. The Bertz CT molecular complexity index is 875. The molecule has 1 aliphatic heterocycles. The molecule has 1 heterocycles. The Balaban J connectivity index is 1.55. The van der Waals surface area contributed by atoms with Crippen molar-refractivity contribution in [2.24, 2.45) is 0 Å². The first-order valence-corrected chi connectivity index (χ1v) is 10.8. The van der Waals surface area contributed by atoms with Gasteiger partial charge in [-0.25, -0.2) is 4.79 Å². The number of anilines is 2. The van der Waals surface area contributed by atoms with Crippen LogP contribution < -0.4 is 16.0 Å². The molecule has 1 atom stereocenters. The van der Waals surface area contributed by atoms with E-state index in [1.165, 1.54) is 19.8 Å². The Labute approximate surface area is 183 Å². The van der Waals surface area contributed by atoms with E-state index in [-0.39, 0.29) is 24.3 Å². The van der Waals surface area contributed by atoms with E-state index in [1.54, 1.807) is 24.3 Å². The van der Waals surface area contributed by atoms with E-state index in [2.05, 4.69) is 16.0 Å². The molecule has 3 N–H and O–H groups in total. The first-order valence-electron chi connectivity index (χ1n) is 10.8. The van der Waals surface area contributed by atoms with Crippen molar-refractivity contribution in [2.45, 2.75) is 45.1 Å². The third-order valence-electron chi connectivity index (χ3n) is 5.28. The molecule has 1 saturated heterocycles. The molecule has 3 rings (SSSR count). The number of rotatable bonds is 6. The fourth-order valence-electron chi connectivity index (χ4n) is 3.69. The van der Waals surface area contributed by atoms with Gasteiger partial charge in [0.15, 0.2) is 0 Å². The molecule has 2 aromatic carbocycles. The van der Waals surface area contributed by atoms with Gasteiger partial charge in [0, 0.05) is 31.4 Å². The van der Waals surface area contributed by atoms with Crippen molar-refractivity contribution in [1.29, 1.82) is 0 Å². The lowest BCUT2D eigenvalue weighted by atomic mass is 10.0. The average molecular weight is 423 g/mol. The van der Waals surface area contributed by atoms with Crippen LogP contribution in [-0.4, -0.2) is 35.8 Å². The maximum Gasteiger partial charge on any atom is 0.321 e. The van der Waals surface area contributed by atoms with Crippen molar-refractivity contribution in [3.05, 3.63) is 60.2 Å². The molecule has 1 unspecified atom stereocenters. The van der Waals surface area contributed by atoms with Crippen LogP contribution in [0.3, 0.4) is 0 Å². The van der Waals surface area contributed by atoms with Crippen LogP contribution in [-0.2, 0) is 9.59 Å². The zero-order valence-corrected chi connectivity index (χ0v) is 17.9. The van der Waals surface area contributed by atoms with Gasteiger partial charge in [0.05, 0.1) is 12.5 Å². The van der Waals surface area contributed by atoms with Crippen LogP contribution in [0.5, 0.6) is 0 Å². The van der Waals surface area contributed by atoms with Crippen LogP contribution in [0.25, 0.3) is 0 Å². The number of nitrogens with zero attached hydrogens (tertiary/aromatic N) is 1. The maximum atomic E-state index is 12.5. The minimum absolute atomic E-state index is 0.0836. The van der Waals surface area contributed by atoms with Gasteiger partial charge in [0.25, 0.3) is 0 Å². The molecule has 0 aromatic heterocycles. The predicted octanol–water partition coefficient (Wildman–Crippen LogP) is 4.30. The highest BCUT2D eigenvalue weighted by atomic mass is 16.2. The molecule has 1 fully saturated rings. The van der Waals surface area contributed by atoms with Crippen LogP contribution in [0.4, 0.5) is 16.2 Å². The number of nitrogens with one attached hydrogen (secondary N) is 3. The molecule has 7 nitrogen and oxygen atoms in total. The van der Waals surface area contributed by atoms with Crippen molar-refractivity contribution >= 4 is 29.2 Å². The summed E-state index contributed by atoms with van der Waals surface area (Å²) in [5, 5.41) is 8.60. The maximum absolute atomic E-state index is 12.5. The van der Waals surface area contributed by atoms with Gasteiger partial charge in [-0.05, 0) is 42.7 Å². The molecule has 31 heavy (non-hydrogen) atoms. The van der Waals surface area contributed by atoms with Crippen LogP contribution in [0.1, 0.15) is 50.6 Å². The molecule has 0 bridgehead atoms. The van der Waals surface area contributed by atoms with E-state index in [0.717, 1.165) is 31.5 Å². The van der Waals surface area contributed by atoms with Gasteiger partial charge in [0.2, 0.25) is 11.8 Å². The number of urea groups is 1. The zero-order valence-electron chi connectivity index (χ0n) is 17.9. The second-order valence-corrected chi connectivity index (χ2v) is 7.82. The topological polar surface area (TPSA) is 90.5 Å². The van der Waals surface area contributed by atoms with Gasteiger partial charge < -0.3 is 20.9 Å². The third-order valence-corrected chi connectivity index (χ3v) is 5.28. The number of hydrogen-bond acceptors (Lipinski definition) is 3. The van der Waals surface area contributed by atoms with Gasteiger partial charge in [-0.1, -0.05) is 43.2 Å². The van der Waals surface area contributed by atoms with Gasteiger partial charge >= 0.3 is 6.03 Å². The summed E-state index contributed by atoms with van der Waals surface area (Å²) in [6.07, 6.45) is 4.55. The summed E-state index contributed by atoms with van der Waals surface area (Å²) >= 11 is 0. The molecule has 2 aromatic rings.